The predicted molar refractivity (Wildman–Crippen MR) is 290 cm³/mol. The fraction of sp³-hybridized carbons (Fsp3) is 0.322. The molecule has 75 heavy (non-hydrogen) atoms. The van der Waals surface area contributed by atoms with Crippen molar-refractivity contribution in [1.82, 2.24) is 30.0 Å². The zero-order valence-corrected chi connectivity index (χ0v) is 43.8. The summed E-state index contributed by atoms with van der Waals surface area (Å²) in [6.45, 7) is 13.1. The summed E-state index contributed by atoms with van der Waals surface area (Å²) >= 11 is 0. The van der Waals surface area contributed by atoms with Crippen molar-refractivity contribution in [2.24, 2.45) is 5.73 Å². The van der Waals surface area contributed by atoms with E-state index in [0.29, 0.717) is 24.1 Å². The van der Waals surface area contributed by atoms with Gasteiger partial charge in [-0.25, -0.2) is 19.2 Å². The number of carbonyl (C=O) groups excluding carboxylic acids is 5. The average Bonchev–Trinajstić information content (AvgIpc) is 3.78. The molecule has 0 spiro atoms. The highest BCUT2D eigenvalue weighted by Gasteiger charge is 2.32. The van der Waals surface area contributed by atoms with E-state index in [0.717, 1.165) is 40.1 Å². The van der Waals surface area contributed by atoms with Crippen LogP contribution >= 0.6 is 0 Å². The van der Waals surface area contributed by atoms with E-state index in [2.05, 4.69) is 46.5 Å². The number of ether oxygens (including phenoxy) is 2. The van der Waals surface area contributed by atoms with Gasteiger partial charge in [0.2, 0.25) is 18.2 Å². The fourth-order valence-corrected chi connectivity index (χ4v) is 8.60. The van der Waals surface area contributed by atoms with E-state index in [-0.39, 0.29) is 94.2 Å². The maximum absolute atomic E-state index is 15.0. The summed E-state index contributed by atoms with van der Waals surface area (Å²) in [5.41, 5.74) is 14.4. The molecule has 8 rings (SSSR count). The lowest BCUT2D eigenvalue weighted by atomic mass is 9.96. The van der Waals surface area contributed by atoms with Gasteiger partial charge in [0.1, 0.15) is 24.8 Å². The molecule has 1 aromatic heterocycles. The number of piperazine rings is 1. The Labute approximate surface area is 439 Å². The van der Waals surface area contributed by atoms with Crippen LogP contribution in [0.3, 0.4) is 0 Å². The third-order valence-corrected chi connectivity index (χ3v) is 12.4. The molecular formula is C59H69FN8O7. The van der Waals surface area contributed by atoms with Crippen LogP contribution in [-0.4, -0.2) is 126 Å². The number of hydrogen-bond donors (Lipinski definition) is 3. The molecule has 16 heteroatoms. The van der Waals surface area contributed by atoms with Gasteiger partial charge in [0.15, 0.2) is 0 Å². The molecule has 1 fully saturated rings. The minimum atomic E-state index is -0.718. The number of nitrogens with zero attached hydrogens (tertiary/aromatic N) is 5. The number of benzene rings is 5. The van der Waals surface area contributed by atoms with Crippen molar-refractivity contribution in [3.05, 3.63) is 178 Å². The maximum atomic E-state index is 15.0. The second kappa shape index (κ2) is 29.6. The lowest BCUT2D eigenvalue weighted by Crippen LogP contribution is -2.53. The van der Waals surface area contributed by atoms with Crippen molar-refractivity contribution in [3.63, 3.8) is 0 Å². The molecule has 2 aliphatic rings. The maximum Gasteiger partial charge on any atom is 0.410 e. The van der Waals surface area contributed by atoms with Gasteiger partial charge < -0.3 is 35.7 Å². The van der Waals surface area contributed by atoms with Crippen molar-refractivity contribution in [2.45, 2.75) is 60.3 Å². The van der Waals surface area contributed by atoms with Gasteiger partial charge in [-0.2, -0.15) is 0 Å². The number of hydrogen-bond acceptors (Lipinski definition) is 10. The van der Waals surface area contributed by atoms with Crippen molar-refractivity contribution in [3.8, 4) is 22.3 Å². The Morgan fingerprint density at radius 3 is 2.00 bits per heavy atom. The molecule has 0 saturated carbocycles. The quantitative estimate of drug-likeness (QED) is 0.0427. The lowest BCUT2D eigenvalue weighted by Gasteiger charge is -2.36. The molecule has 5 amide bonds. The van der Waals surface area contributed by atoms with Crippen LogP contribution < -0.4 is 11.1 Å². The Morgan fingerprint density at radius 1 is 0.760 bits per heavy atom. The van der Waals surface area contributed by atoms with Gasteiger partial charge in [0, 0.05) is 86.4 Å². The zero-order valence-electron chi connectivity index (χ0n) is 43.8. The molecule has 0 bridgehead atoms. The summed E-state index contributed by atoms with van der Waals surface area (Å²) < 4.78 is 26.4. The van der Waals surface area contributed by atoms with Gasteiger partial charge in [-0.1, -0.05) is 132 Å². The van der Waals surface area contributed by atoms with Gasteiger partial charge in [-0.3, -0.25) is 24.1 Å². The second-order valence-electron chi connectivity index (χ2n) is 17.0. The standard InChI is InChI=1S/C42H43FN6O7.C13H14N2.2C2H6/c43-37-14-13-28(24-38(44)33-11-5-6-12-34(33)40(45)52)23-35(37)41(53)48-18-16-47(17-19-48)39(51)25-49(20-22-55-21-15-46-27-50)42(54)56-26-36-31-9-3-1-7-29(31)30-8-2-4-10-32(30)36;1-3-11-5-4-6-12(7-11)13-8-14-10(2)15-9-13;2*1-2/h1-14,23,27,36,44H,15-22,24-26H2,(H2,45,52)(H,46,50);4-9H,3H2,1-2H3;2*1-2H3. The van der Waals surface area contributed by atoms with Gasteiger partial charge in [0.25, 0.3) is 5.91 Å². The van der Waals surface area contributed by atoms with E-state index in [4.69, 9.17) is 20.6 Å². The van der Waals surface area contributed by atoms with Crippen LogP contribution in [0.2, 0.25) is 0 Å². The lowest BCUT2D eigenvalue weighted by molar-refractivity contribution is -0.133. The van der Waals surface area contributed by atoms with Crippen LogP contribution in [0.15, 0.2) is 128 Å². The van der Waals surface area contributed by atoms with Crippen LogP contribution in [0.4, 0.5) is 9.18 Å². The van der Waals surface area contributed by atoms with Crippen molar-refractivity contribution in [1.29, 1.82) is 5.41 Å². The SMILES string of the molecule is CC.CC.CCc1cccc(-c2cnc(C)nc2)c1.N=C(Cc1ccc(F)c(C(=O)N2CCN(C(=O)CN(CCOCCNC=O)C(=O)OCC3c4ccccc4-c4ccccc43)CC2)c1)c1ccccc1C(N)=O. The number of primary amides is 1. The van der Waals surface area contributed by atoms with Crippen molar-refractivity contribution < 1.29 is 37.8 Å². The minimum Gasteiger partial charge on any atom is -0.448 e. The van der Waals surface area contributed by atoms with E-state index in [1.807, 2.05) is 95.5 Å². The van der Waals surface area contributed by atoms with E-state index < -0.39 is 23.7 Å². The predicted octanol–water partition coefficient (Wildman–Crippen LogP) is 8.90. The van der Waals surface area contributed by atoms with Crippen molar-refractivity contribution >= 4 is 35.9 Å². The highest BCUT2D eigenvalue weighted by molar-refractivity contribution is 6.09. The third kappa shape index (κ3) is 15.7. The summed E-state index contributed by atoms with van der Waals surface area (Å²) in [4.78, 5) is 75.8. The highest BCUT2D eigenvalue weighted by atomic mass is 19.1. The first-order valence-corrected chi connectivity index (χ1v) is 25.5. The highest BCUT2D eigenvalue weighted by Crippen LogP contribution is 2.44. The number of halogens is 1. The summed E-state index contributed by atoms with van der Waals surface area (Å²) in [6.07, 6.45) is 4.72. The number of aryl methyl sites for hydroxylation is 2. The summed E-state index contributed by atoms with van der Waals surface area (Å²) in [5, 5.41) is 11.1. The molecule has 6 aromatic rings. The molecule has 2 heterocycles. The first-order valence-electron chi connectivity index (χ1n) is 25.5. The number of rotatable bonds is 18. The minimum absolute atomic E-state index is 0.0357. The summed E-state index contributed by atoms with van der Waals surface area (Å²) in [5.74, 6) is -1.65. The molecular weight excluding hydrogens is 952 g/mol. The Bertz CT molecular complexity index is 2820. The Hall–Kier alpha value is -8.11. The molecule has 0 atom stereocenters. The van der Waals surface area contributed by atoms with Gasteiger partial charge >= 0.3 is 6.09 Å². The molecule has 0 unspecified atom stereocenters. The molecule has 0 radical (unpaired) electrons. The Balaban J connectivity index is 0.000000461. The molecule has 1 aliphatic carbocycles. The molecule has 394 valence electrons. The van der Waals surface area contributed by atoms with Crippen LogP contribution in [0, 0.1) is 18.2 Å². The van der Waals surface area contributed by atoms with Crippen LogP contribution in [0.1, 0.15) is 94.9 Å². The van der Waals surface area contributed by atoms with E-state index >= 15 is 4.39 Å². The number of carbonyl (C=O) groups is 5. The fourth-order valence-electron chi connectivity index (χ4n) is 8.60. The number of nitrogens with two attached hydrogens (primary N) is 1. The molecule has 5 aromatic carbocycles. The largest absolute Gasteiger partial charge is 0.448 e. The molecule has 4 N–H and O–H groups in total. The summed E-state index contributed by atoms with van der Waals surface area (Å²) in [6, 6.07) is 35.0. The van der Waals surface area contributed by atoms with Crippen LogP contribution in [0.5, 0.6) is 0 Å². The monoisotopic (exact) mass is 1020 g/mol. The van der Waals surface area contributed by atoms with Crippen molar-refractivity contribution in [2.75, 3.05) is 65.6 Å². The number of nitrogens with one attached hydrogen (secondary N) is 2. The number of fused-ring (bicyclic) bond motifs is 3. The van der Waals surface area contributed by atoms with Gasteiger partial charge in [-0.05, 0) is 70.5 Å². The second-order valence-corrected chi connectivity index (χ2v) is 17.0. The van der Waals surface area contributed by atoms with Crippen LogP contribution in [0.25, 0.3) is 22.3 Å². The number of aromatic nitrogens is 2. The van der Waals surface area contributed by atoms with Gasteiger partial charge in [-0.15, -0.1) is 0 Å². The Kier molecular flexibility index (Phi) is 22.8. The van der Waals surface area contributed by atoms with Gasteiger partial charge in [0.05, 0.1) is 18.8 Å². The van der Waals surface area contributed by atoms with E-state index in [1.54, 1.807) is 23.1 Å². The molecule has 1 aliphatic heterocycles. The van der Waals surface area contributed by atoms with E-state index in [9.17, 15) is 24.0 Å². The topological polar surface area (TPSA) is 201 Å². The normalized spacial score (nSPS) is 12.2. The molecule has 15 nitrogen and oxygen atoms in total. The third-order valence-electron chi connectivity index (χ3n) is 12.4. The smallest absolute Gasteiger partial charge is 0.410 e. The molecule has 1 saturated heterocycles. The Morgan fingerprint density at radius 2 is 1.37 bits per heavy atom. The van der Waals surface area contributed by atoms with Crippen LogP contribution in [-0.2, 0) is 31.9 Å². The zero-order chi connectivity index (χ0) is 54.3. The summed E-state index contributed by atoms with van der Waals surface area (Å²) in [7, 11) is 0. The average molecular weight is 1020 g/mol. The van der Waals surface area contributed by atoms with E-state index in [1.165, 1.54) is 45.2 Å². The first-order chi connectivity index (χ1) is 36.4. The first kappa shape index (κ1) is 57.8. The number of amides is 5.